The summed E-state index contributed by atoms with van der Waals surface area (Å²) in [5.74, 6) is 0.826. The van der Waals surface area contributed by atoms with Gasteiger partial charge in [-0.15, -0.1) is 0 Å². The molecule has 1 saturated carbocycles. The maximum atomic E-state index is 5.59. The molecule has 1 fully saturated rings. The van der Waals surface area contributed by atoms with Gasteiger partial charge in [0.1, 0.15) is 5.75 Å². The molecule has 0 aliphatic heterocycles. The third-order valence-electron chi connectivity index (χ3n) is 5.00. The molecule has 2 N–H and O–H groups in total. The van der Waals surface area contributed by atoms with E-state index in [-0.39, 0.29) is 5.54 Å². The predicted octanol–water partition coefficient (Wildman–Crippen LogP) is 4.93. The molecule has 0 heterocycles. The van der Waals surface area contributed by atoms with Crippen molar-refractivity contribution in [3.8, 4) is 5.75 Å². The van der Waals surface area contributed by atoms with Crippen LogP contribution in [-0.2, 0) is 6.42 Å². The zero-order chi connectivity index (χ0) is 17.5. The van der Waals surface area contributed by atoms with Crippen LogP contribution in [0.15, 0.2) is 54.6 Å². The van der Waals surface area contributed by atoms with Crippen molar-refractivity contribution in [1.29, 1.82) is 0 Å². The zero-order valence-electron chi connectivity index (χ0n) is 14.8. The van der Waals surface area contributed by atoms with Gasteiger partial charge in [0.05, 0.1) is 7.11 Å². The first-order chi connectivity index (χ1) is 12.2. The van der Waals surface area contributed by atoms with E-state index in [0.29, 0.717) is 5.11 Å². The average molecular weight is 355 g/mol. The second-order valence-electron chi connectivity index (χ2n) is 6.78. The van der Waals surface area contributed by atoms with Gasteiger partial charge in [0, 0.05) is 17.3 Å². The molecule has 1 aliphatic rings. The second kappa shape index (κ2) is 8.34. The van der Waals surface area contributed by atoms with Crippen molar-refractivity contribution >= 4 is 23.0 Å². The summed E-state index contributed by atoms with van der Waals surface area (Å²) in [6, 6.07) is 18.6. The summed E-state index contributed by atoms with van der Waals surface area (Å²) in [7, 11) is 1.67. The van der Waals surface area contributed by atoms with Crippen molar-refractivity contribution in [2.24, 2.45) is 0 Å². The number of nitrogens with one attached hydrogen (secondary N) is 2. The molecular weight excluding hydrogens is 328 g/mol. The van der Waals surface area contributed by atoms with E-state index in [2.05, 4.69) is 41.0 Å². The number of benzene rings is 2. The molecule has 132 valence electrons. The Labute approximate surface area is 155 Å². The second-order valence-corrected chi connectivity index (χ2v) is 7.19. The number of thiocarbonyl (C=S) groups is 1. The normalized spacial score (nSPS) is 15.6. The number of rotatable bonds is 6. The Kier molecular flexibility index (Phi) is 5.92. The van der Waals surface area contributed by atoms with E-state index in [0.717, 1.165) is 24.3 Å². The lowest BCUT2D eigenvalue weighted by atomic mass is 9.89. The molecule has 0 aromatic heterocycles. The predicted molar refractivity (Wildman–Crippen MR) is 108 cm³/mol. The van der Waals surface area contributed by atoms with Crippen molar-refractivity contribution in [2.75, 3.05) is 12.4 Å². The molecule has 25 heavy (non-hydrogen) atoms. The number of methoxy groups -OCH3 is 1. The van der Waals surface area contributed by atoms with Crippen LogP contribution >= 0.6 is 12.2 Å². The molecule has 0 atom stereocenters. The van der Waals surface area contributed by atoms with Crippen LogP contribution in [0.5, 0.6) is 5.75 Å². The summed E-state index contributed by atoms with van der Waals surface area (Å²) in [6.45, 7) is 0. The smallest absolute Gasteiger partial charge is 0.171 e. The minimum Gasteiger partial charge on any atom is -0.497 e. The fraction of sp³-hybridized carbons (Fsp3) is 0.381. The molecule has 2 aromatic carbocycles. The first-order valence-electron chi connectivity index (χ1n) is 8.96. The molecular formula is C21H26N2OS. The van der Waals surface area contributed by atoms with Crippen molar-refractivity contribution in [3.05, 3.63) is 60.2 Å². The van der Waals surface area contributed by atoms with E-state index in [4.69, 9.17) is 17.0 Å². The van der Waals surface area contributed by atoms with Crippen LogP contribution in [0.1, 0.15) is 37.7 Å². The Morgan fingerprint density at radius 3 is 2.56 bits per heavy atom. The van der Waals surface area contributed by atoms with Gasteiger partial charge in [-0.05, 0) is 55.6 Å². The van der Waals surface area contributed by atoms with Gasteiger partial charge in [-0.1, -0.05) is 49.2 Å². The van der Waals surface area contributed by atoms with Crippen LogP contribution in [0.25, 0.3) is 0 Å². The van der Waals surface area contributed by atoms with Crippen molar-refractivity contribution in [2.45, 2.75) is 44.1 Å². The average Bonchev–Trinajstić information content (AvgIpc) is 3.09. The standard InChI is InChI=1S/C21H26N2OS/c1-24-19-11-7-10-18(16-19)22-20(25)23-21(13-5-6-14-21)15-12-17-8-3-2-4-9-17/h2-4,7-11,16H,5-6,12-15H2,1H3,(H2,22,23,25). The summed E-state index contributed by atoms with van der Waals surface area (Å²) in [4.78, 5) is 0. The molecule has 4 heteroatoms. The van der Waals surface area contributed by atoms with Crippen LogP contribution in [0.3, 0.4) is 0 Å². The summed E-state index contributed by atoms with van der Waals surface area (Å²) < 4.78 is 5.27. The van der Waals surface area contributed by atoms with Crippen LogP contribution < -0.4 is 15.4 Å². The molecule has 0 spiro atoms. The number of aryl methyl sites for hydroxylation is 1. The largest absolute Gasteiger partial charge is 0.497 e. The summed E-state index contributed by atoms with van der Waals surface area (Å²) in [5, 5.41) is 7.63. The Hall–Kier alpha value is -2.07. The van der Waals surface area contributed by atoms with Gasteiger partial charge < -0.3 is 15.4 Å². The topological polar surface area (TPSA) is 33.3 Å². The number of hydrogen-bond acceptors (Lipinski definition) is 2. The van der Waals surface area contributed by atoms with Gasteiger partial charge in [-0.2, -0.15) is 0 Å². The van der Waals surface area contributed by atoms with E-state index in [1.54, 1.807) is 7.11 Å². The monoisotopic (exact) mass is 354 g/mol. The van der Waals surface area contributed by atoms with Crippen molar-refractivity contribution in [1.82, 2.24) is 5.32 Å². The molecule has 0 saturated heterocycles. The highest BCUT2D eigenvalue weighted by Crippen LogP contribution is 2.34. The molecule has 0 radical (unpaired) electrons. The fourth-order valence-corrected chi connectivity index (χ4v) is 3.96. The minimum absolute atomic E-state index is 0.110. The van der Waals surface area contributed by atoms with Crippen LogP contribution in [-0.4, -0.2) is 17.8 Å². The van der Waals surface area contributed by atoms with E-state index < -0.39 is 0 Å². The molecule has 0 bridgehead atoms. The molecule has 3 nitrogen and oxygen atoms in total. The maximum Gasteiger partial charge on any atom is 0.171 e. The van der Waals surface area contributed by atoms with E-state index in [1.165, 1.54) is 31.2 Å². The number of anilines is 1. The molecule has 0 unspecified atom stereocenters. The molecule has 3 rings (SSSR count). The highest BCUT2D eigenvalue weighted by Gasteiger charge is 2.33. The van der Waals surface area contributed by atoms with Crippen LogP contribution in [0.2, 0.25) is 0 Å². The summed E-state index contributed by atoms with van der Waals surface area (Å²) in [5.41, 5.74) is 2.45. The van der Waals surface area contributed by atoms with E-state index >= 15 is 0 Å². The van der Waals surface area contributed by atoms with Gasteiger partial charge in [0.25, 0.3) is 0 Å². The zero-order valence-corrected chi connectivity index (χ0v) is 15.6. The molecule has 0 amide bonds. The third-order valence-corrected chi connectivity index (χ3v) is 5.21. The van der Waals surface area contributed by atoms with Gasteiger partial charge in [-0.3, -0.25) is 0 Å². The lowest BCUT2D eigenvalue weighted by molar-refractivity contribution is 0.362. The van der Waals surface area contributed by atoms with E-state index in [9.17, 15) is 0 Å². The summed E-state index contributed by atoms with van der Waals surface area (Å²) in [6.07, 6.45) is 7.08. The number of ether oxygens (including phenoxy) is 1. The first kappa shape index (κ1) is 17.7. The lowest BCUT2D eigenvalue weighted by Crippen LogP contribution is -2.48. The first-order valence-corrected chi connectivity index (χ1v) is 9.37. The third kappa shape index (κ3) is 4.95. The SMILES string of the molecule is COc1cccc(NC(=S)NC2(CCc3ccccc3)CCCC2)c1. The van der Waals surface area contributed by atoms with Crippen LogP contribution in [0.4, 0.5) is 5.69 Å². The highest BCUT2D eigenvalue weighted by atomic mass is 32.1. The van der Waals surface area contributed by atoms with Gasteiger partial charge in [0.2, 0.25) is 0 Å². The van der Waals surface area contributed by atoms with E-state index in [1.807, 2.05) is 24.3 Å². The Bertz CT molecular complexity index is 696. The van der Waals surface area contributed by atoms with Crippen molar-refractivity contribution < 1.29 is 4.74 Å². The van der Waals surface area contributed by atoms with Gasteiger partial charge in [0.15, 0.2) is 5.11 Å². The lowest BCUT2D eigenvalue weighted by Gasteiger charge is -2.32. The van der Waals surface area contributed by atoms with Gasteiger partial charge in [-0.25, -0.2) is 0 Å². The van der Waals surface area contributed by atoms with Gasteiger partial charge >= 0.3 is 0 Å². The van der Waals surface area contributed by atoms with Crippen molar-refractivity contribution in [3.63, 3.8) is 0 Å². The molecule has 1 aliphatic carbocycles. The fourth-order valence-electron chi connectivity index (χ4n) is 3.62. The van der Waals surface area contributed by atoms with Crippen LogP contribution in [0, 0.1) is 0 Å². The maximum absolute atomic E-state index is 5.59. The Balaban J connectivity index is 1.61. The quantitative estimate of drug-likeness (QED) is 0.721. The summed E-state index contributed by atoms with van der Waals surface area (Å²) >= 11 is 5.59. The minimum atomic E-state index is 0.110. The Morgan fingerprint density at radius 1 is 1.08 bits per heavy atom. The molecule has 2 aromatic rings. The highest BCUT2D eigenvalue weighted by molar-refractivity contribution is 7.80. The Morgan fingerprint density at radius 2 is 1.84 bits per heavy atom. The number of hydrogen-bond donors (Lipinski definition) is 2.